The summed E-state index contributed by atoms with van der Waals surface area (Å²) < 4.78 is 18.7. The van der Waals surface area contributed by atoms with Crippen molar-refractivity contribution in [2.24, 2.45) is 0 Å². The number of morpholine rings is 1. The molecule has 26 heavy (non-hydrogen) atoms. The van der Waals surface area contributed by atoms with Crippen LogP contribution in [0.2, 0.25) is 0 Å². The maximum atomic E-state index is 9.85. The maximum Gasteiger partial charge on any atom is 0.161 e. The van der Waals surface area contributed by atoms with Crippen molar-refractivity contribution in [3.05, 3.63) is 42.0 Å². The minimum Gasteiger partial charge on any atom is -0.493 e. The molecule has 0 unspecified atom stereocenters. The van der Waals surface area contributed by atoms with Gasteiger partial charge in [-0.25, -0.2) is 4.98 Å². The Labute approximate surface area is 154 Å². The van der Waals surface area contributed by atoms with E-state index in [0.717, 1.165) is 24.3 Å². The van der Waals surface area contributed by atoms with Crippen LogP contribution in [0.1, 0.15) is 24.2 Å². The molecule has 2 aromatic rings. The highest BCUT2D eigenvalue weighted by molar-refractivity contribution is 5.44. The minimum absolute atomic E-state index is 0.0427. The van der Waals surface area contributed by atoms with Gasteiger partial charge in [-0.15, -0.1) is 0 Å². The lowest BCUT2D eigenvalue weighted by Crippen LogP contribution is -2.46. The normalized spacial score (nSPS) is 20.9. The molecule has 0 saturated carbocycles. The summed E-state index contributed by atoms with van der Waals surface area (Å²) in [6, 6.07) is 5.76. The number of rotatable bonds is 7. The first-order valence-corrected chi connectivity index (χ1v) is 8.89. The van der Waals surface area contributed by atoms with E-state index in [2.05, 4.69) is 27.6 Å². The van der Waals surface area contributed by atoms with Crippen LogP contribution in [0.3, 0.4) is 0 Å². The molecular formula is C19H27N3O4. The van der Waals surface area contributed by atoms with Crippen LogP contribution in [0.15, 0.2) is 30.7 Å². The van der Waals surface area contributed by atoms with Crippen molar-refractivity contribution in [2.45, 2.75) is 32.2 Å². The van der Waals surface area contributed by atoms with Gasteiger partial charge >= 0.3 is 0 Å². The van der Waals surface area contributed by atoms with Gasteiger partial charge in [0.15, 0.2) is 11.5 Å². The Morgan fingerprint density at radius 2 is 2.08 bits per heavy atom. The molecule has 1 fully saturated rings. The molecule has 2 atom stereocenters. The zero-order valence-electron chi connectivity index (χ0n) is 15.6. The fourth-order valence-electron chi connectivity index (χ4n) is 3.45. The van der Waals surface area contributed by atoms with Crippen LogP contribution in [-0.4, -0.2) is 59.6 Å². The molecule has 1 aromatic carbocycles. The smallest absolute Gasteiger partial charge is 0.161 e. The second-order valence-electron chi connectivity index (χ2n) is 6.32. The van der Waals surface area contributed by atoms with Gasteiger partial charge in [0.25, 0.3) is 0 Å². The van der Waals surface area contributed by atoms with Crippen LogP contribution < -0.4 is 9.47 Å². The number of imidazole rings is 1. The molecular weight excluding hydrogens is 334 g/mol. The number of aromatic nitrogens is 2. The summed E-state index contributed by atoms with van der Waals surface area (Å²) >= 11 is 0. The standard InChI is InChI=1S/C19H27N3O4/c1-4-21-10-15(20-13-21)11-22-7-8-26-18(12-23)19(22)14-5-6-16(24-2)17(9-14)25-3/h5-6,9-10,13,18-19,23H,4,7-8,11-12H2,1-3H3/t18-,19-/m0/s1. The molecule has 1 aromatic heterocycles. The molecule has 0 spiro atoms. The van der Waals surface area contributed by atoms with Gasteiger partial charge in [-0.3, -0.25) is 4.90 Å². The van der Waals surface area contributed by atoms with E-state index < -0.39 is 0 Å². The number of aliphatic hydroxyl groups excluding tert-OH is 1. The van der Waals surface area contributed by atoms with Crippen LogP contribution in [0.4, 0.5) is 0 Å². The number of benzene rings is 1. The SMILES string of the molecule is CCn1cnc(CN2CCO[C@@H](CO)[C@@H]2c2ccc(OC)c(OC)c2)c1. The lowest BCUT2D eigenvalue weighted by atomic mass is 9.97. The number of nitrogens with zero attached hydrogens (tertiary/aromatic N) is 3. The van der Waals surface area contributed by atoms with Crippen molar-refractivity contribution in [2.75, 3.05) is 34.0 Å². The van der Waals surface area contributed by atoms with E-state index in [1.807, 2.05) is 24.5 Å². The Morgan fingerprint density at radius 1 is 1.27 bits per heavy atom. The van der Waals surface area contributed by atoms with Gasteiger partial charge in [0.2, 0.25) is 0 Å². The second-order valence-corrected chi connectivity index (χ2v) is 6.32. The Balaban J connectivity index is 1.90. The topological polar surface area (TPSA) is 69.0 Å². The second kappa shape index (κ2) is 8.53. The van der Waals surface area contributed by atoms with Crippen molar-refractivity contribution in [3.8, 4) is 11.5 Å². The zero-order chi connectivity index (χ0) is 18.5. The van der Waals surface area contributed by atoms with Crippen LogP contribution in [0.5, 0.6) is 11.5 Å². The molecule has 1 N–H and O–H groups in total. The summed E-state index contributed by atoms with van der Waals surface area (Å²) in [6.45, 7) is 5.01. The van der Waals surface area contributed by atoms with E-state index >= 15 is 0 Å². The third-order valence-corrected chi connectivity index (χ3v) is 4.80. The van der Waals surface area contributed by atoms with Gasteiger partial charge < -0.3 is 23.9 Å². The highest BCUT2D eigenvalue weighted by Crippen LogP contribution is 2.36. The van der Waals surface area contributed by atoms with Crippen molar-refractivity contribution in [1.29, 1.82) is 0 Å². The molecule has 7 nitrogen and oxygen atoms in total. The Bertz CT molecular complexity index is 719. The summed E-state index contributed by atoms with van der Waals surface area (Å²) in [6.07, 6.45) is 3.62. The first-order chi connectivity index (χ1) is 12.7. The fraction of sp³-hybridized carbons (Fsp3) is 0.526. The van der Waals surface area contributed by atoms with Gasteiger partial charge in [-0.05, 0) is 24.6 Å². The maximum absolute atomic E-state index is 9.85. The van der Waals surface area contributed by atoms with Crippen molar-refractivity contribution < 1.29 is 19.3 Å². The molecule has 2 heterocycles. The molecule has 0 radical (unpaired) electrons. The molecule has 1 saturated heterocycles. The van der Waals surface area contributed by atoms with Crippen LogP contribution >= 0.6 is 0 Å². The van der Waals surface area contributed by atoms with Crippen LogP contribution in [0, 0.1) is 0 Å². The van der Waals surface area contributed by atoms with Gasteiger partial charge in [0.1, 0.15) is 6.10 Å². The average molecular weight is 361 g/mol. The van der Waals surface area contributed by atoms with Crippen molar-refractivity contribution in [1.82, 2.24) is 14.5 Å². The van der Waals surface area contributed by atoms with Crippen LogP contribution in [0.25, 0.3) is 0 Å². The van der Waals surface area contributed by atoms with Crippen molar-refractivity contribution in [3.63, 3.8) is 0 Å². The first-order valence-electron chi connectivity index (χ1n) is 8.89. The van der Waals surface area contributed by atoms with Gasteiger partial charge in [-0.1, -0.05) is 6.07 Å². The van der Waals surface area contributed by atoms with E-state index in [1.54, 1.807) is 14.2 Å². The van der Waals surface area contributed by atoms with Crippen molar-refractivity contribution >= 4 is 0 Å². The number of ether oxygens (including phenoxy) is 3. The number of hydrogen-bond acceptors (Lipinski definition) is 6. The number of aryl methyl sites for hydroxylation is 1. The molecule has 1 aliphatic heterocycles. The largest absolute Gasteiger partial charge is 0.493 e. The molecule has 0 amide bonds. The van der Waals surface area contributed by atoms with E-state index in [-0.39, 0.29) is 18.8 Å². The highest BCUT2D eigenvalue weighted by atomic mass is 16.5. The summed E-state index contributed by atoms with van der Waals surface area (Å²) in [5.41, 5.74) is 2.03. The molecule has 1 aliphatic rings. The van der Waals surface area contributed by atoms with Gasteiger partial charge in [-0.2, -0.15) is 0 Å². The minimum atomic E-state index is -0.296. The van der Waals surface area contributed by atoms with E-state index in [1.165, 1.54) is 0 Å². The molecule has 7 heteroatoms. The third-order valence-electron chi connectivity index (χ3n) is 4.80. The lowest BCUT2D eigenvalue weighted by Gasteiger charge is -2.40. The lowest BCUT2D eigenvalue weighted by molar-refractivity contribution is -0.0963. The Hall–Kier alpha value is -2.09. The predicted octanol–water partition coefficient (Wildman–Crippen LogP) is 1.85. The van der Waals surface area contributed by atoms with E-state index in [0.29, 0.717) is 24.7 Å². The number of methoxy groups -OCH3 is 2. The summed E-state index contributed by atoms with van der Waals surface area (Å²) in [5.74, 6) is 1.35. The monoisotopic (exact) mass is 361 g/mol. The fourth-order valence-corrected chi connectivity index (χ4v) is 3.45. The van der Waals surface area contributed by atoms with Gasteiger partial charge in [0, 0.05) is 25.8 Å². The summed E-state index contributed by atoms with van der Waals surface area (Å²) in [7, 11) is 3.24. The summed E-state index contributed by atoms with van der Waals surface area (Å²) in [5, 5.41) is 9.85. The molecule has 0 aliphatic carbocycles. The first kappa shape index (κ1) is 18.7. The van der Waals surface area contributed by atoms with Crippen LogP contribution in [-0.2, 0) is 17.8 Å². The molecule has 0 bridgehead atoms. The van der Waals surface area contributed by atoms with Gasteiger partial charge in [0.05, 0.1) is 45.5 Å². The average Bonchev–Trinajstić information content (AvgIpc) is 3.14. The van der Waals surface area contributed by atoms with E-state index in [9.17, 15) is 5.11 Å². The summed E-state index contributed by atoms with van der Waals surface area (Å²) in [4.78, 5) is 6.79. The highest BCUT2D eigenvalue weighted by Gasteiger charge is 2.34. The number of hydrogen-bond donors (Lipinski definition) is 1. The molecule has 142 valence electrons. The Kier molecular flexibility index (Phi) is 6.13. The Morgan fingerprint density at radius 3 is 2.73 bits per heavy atom. The molecule has 3 rings (SSSR count). The zero-order valence-corrected chi connectivity index (χ0v) is 15.6. The number of aliphatic hydroxyl groups is 1. The van der Waals surface area contributed by atoms with E-state index in [4.69, 9.17) is 14.2 Å². The third kappa shape index (κ3) is 3.85. The quantitative estimate of drug-likeness (QED) is 0.812. The predicted molar refractivity (Wildman–Crippen MR) is 97.4 cm³/mol.